The summed E-state index contributed by atoms with van der Waals surface area (Å²) < 4.78 is 38.9. The Kier molecular flexibility index (Phi) is 4.94. The summed E-state index contributed by atoms with van der Waals surface area (Å²) in [5, 5.41) is 0. The zero-order chi connectivity index (χ0) is 18.0. The van der Waals surface area contributed by atoms with E-state index in [0.717, 1.165) is 29.6 Å². The van der Waals surface area contributed by atoms with E-state index in [1.165, 1.54) is 0 Å². The third-order valence-electron chi connectivity index (χ3n) is 3.63. The molecule has 0 bridgehead atoms. The Morgan fingerprint density at radius 1 is 1.08 bits per heavy atom. The Bertz CT molecular complexity index is 725. The van der Waals surface area contributed by atoms with E-state index in [9.17, 15) is 18.0 Å². The molecule has 1 heterocycles. The number of amides is 1. The first-order valence-electron chi connectivity index (χ1n) is 7.27. The second kappa shape index (κ2) is 6.60. The van der Waals surface area contributed by atoms with Gasteiger partial charge in [-0.2, -0.15) is 13.2 Å². The number of halogens is 3. The van der Waals surface area contributed by atoms with Crippen LogP contribution in [-0.4, -0.2) is 10.9 Å². The van der Waals surface area contributed by atoms with Gasteiger partial charge in [-0.1, -0.05) is 29.8 Å². The molecule has 0 aliphatic rings. The highest BCUT2D eigenvalue weighted by Crippen LogP contribution is 2.31. The minimum Gasteiger partial charge on any atom is -0.287 e. The summed E-state index contributed by atoms with van der Waals surface area (Å²) in [6, 6.07) is 8.40. The quantitative estimate of drug-likeness (QED) is 0.839. The van der Waals surface area contributed by atoms with Gasteiger partial charge in [-0.3, -0.25) is 15.2 Å². The van der Waals surface area contributed by atoms with Crippen molar-refractivity contribution in [1.82, 2.24) is 15.8 Å². The van der Waals surface area contributed by atoms with Gasteiger partial charge in [0.2, 0.25) is 0 Å². The fourth-order valence-electron chi connectivity index (χ4n) is 2.15. The van der Waals surface area contributed by atoms with Crippen molar-refractivity contribution >= 4 is 5.91 Å². The standard InChI is InChI=1S/C17H18F3N3O/c1-11-4-6-12(7-5-11)16(2,3)23-22-15(24)13-10-21-9-8-14(13)17(18,19)20/h4-10,23H,1-3H3,(H,22,24). The molecule has 2 aromatic rings. The van der Waals surface area contributed by atoms with Crippen LogP contribution in [0, 0.1) is 6.92 Å². The molecule has 7 heteroatoms. The van der Waals surface area contributed by atoms with Crippen molar-refractivity contribution in [2.45, 2.75) is 32.5 Å². The molecule has 2 N–H and O–H groups in total. The molecule has 128 valence electrons. The number of hydrogen-bond acceptors (Lipinski definition) is 3. The van der Waals surface area contributed by atoms with Gasteiger partial charge in [0.1, 0.15) is 0 Å². The van der Waals surface area contributed by atoms with Gasteiger partial charge in [0.05, 0.1) is 16.7 Å². The predicted octanol–water partition coefficient (Wildman–Crippen LogP) is 3.58. The first kappa shape index (κ1) is 17.9. The monoisotopic (exact) mass is 337 g/mol. The molecule has 0 aliphatic heterocycles. The molecule has 0 radical (unpaired) electrons. The second-order valence-electron chi connectivity index (χ2n) is 5.99. The number of nitrogens with one attached hydrogen (secondary N) is 2. The summed E-state index contributed by atoms with van der Waals surface area (Å²) in [4.78, 5) is 15.7. The molecule has 0 saturated heterocycles. The molecule has 1 aromatic heterocycles. The lowest BCUT2D eigenvalue weighted by Gasteiger charge is -2.27. The number of benzene rings is 1. The van der Waals surface area contributed by atoms with E-state index in [0.29, 0.717) is 0 Å². The summed E-state index contributed by atoms with van der Waals surface area (Å²) in [5.74, 6) is -0.893. The van der Waals surface area contributed by atoms with E-state index in [-0.39, 0.29) is 0 Å². The van der Waals surface area contributed by atoms with Crippen molar-refractivity contribution < 1.29 is 18.0 Å². The first-order valence-corrected chi connectivity index (χ1v) is 7.27. The van der Waals surface area contributed by atoms with Crippen LogP contribution < -0.4 is 10.9 Å². The van der Waals surface area contributed by atoms with Crippen LogP contribution in [0.1, 0.15) is 40.9 Å². The SMILES string of the molecule is Cc1ccc(C(C)(C)NNC(=O)c2cnccc2C(F)(F)F)cc1. The number of hydrazine groups is 1. The number of rotatable bonds is 4. The van der Waals surface area contributed by atoms with Crippen LogP contribution in [0.25, 0.3) is 0 Å². The Morgan fingerprint density at radius 2 is 1.71 bits per heavy atom. The average molecular weight is 337 g/mol. The van der Waals surface area contributed by atoms with Crippen molar-refractivity contribution in [2.75, 3.05) is 0 Å². The fraction of sp³-hybridized carbons (Fsp3) is 0.294. The topological polar surface area (TPSA) is 54.0 Å². The van der Waals surface area contributed by atoms with Crippen molar-refractivity contribution in [1.29, 1.82) is 0 Å². The van der Waals surface area contributed by atoms with E-state index in [1.54, 1.807) is 0 Å². The van der Waals surface area contributed by atoms with Gasteiger partial charge in [-0.15, -0.1) is 0 Å². The first-order chi connectivity index (χ1) is 11.1. The fourth-order valence-corrected chi connectivity index (χ4v) is 2.15. The van der Waals surface area contributed by atoms with Crippen LogP contribution in [0.3, 0.4) is 0 Å². The van der Waals surface area contributed by atoms with Crippen LogP contribution in [0.5, 0.6) is 0 Å². The van der Waals surface area contributed by atoms with Crippen molar-refractivity contribution in [3.8, 4) is 0 Å². The predicted molar refractivity (Wildman–Crippen MR) is 84.0 cm³/mol. The number of pyridine rings is 1. The number of alkyl halides is 3. The van der Waals surface area contributed by atoms with E-state index >= 15 is 0 Å². The van der Waals surface area contributed by atoms with Gasteiger partial charge in [-0.25, -0.2) is 5.43 Å². The Morgan fingerprint density at radius 3 is 2.29 bits per heavy atom. The molecule has 24 heavy (non-hydrogen) atoms. The molecular weight excluding hydrogens is 319 g/mol. The molecule has 0 saturated carbocycles. The molecule has 2 rings (SSSR count). The van der Waals surface area contributed by atoms with Crippen LogP contribution in [0.2, 0.25) is 0 Å². The third kappa shape index (κ3) is 4.11. The van der Waals surface area contributed by atoms with E-state index < -0.39 is 28.7 Å². The van der Waals surface area contributed by atoms with Crippen molar-refractivity contribution in [3.63, 3.8) is 0 Å². The van der Waals surface area contributed by atoms with Gasteiger partial charge in [0.25, 0.3) is 5.91 Å². The maximum atomic E-state index is 13.0. The molecule has 0 unspecified atom stereocenters. The average Bonchev–Trinajstić information content (AvgIpc) is 2.52. The molecule has 1 aromatic carbocycles. The second-order valence-corrected chi connectivity index (χ2v) is 5.99. The van der Waals surface area contributed by atoms with Crippen LogP contribution in [-0.2, 0) is 11.7 Å². The largest absolute Gasteiger partial charge is 0.417 e. The summed E-state index contributed by atoms with van der Waals surface area (Å²) in [6.45, 7) is 5.57. The smallest absolute Gasteiger partial charge is 0.287 e. The summed E-state index contributed by atoms with van der Waals surface area (Å²) in [6.07, 6.45) is -2.72. The van der Waals surface area contributed by atoms with Gasteiger partial charge in [-0.05, 0) is 32.4 Å². The number of aromatic nitrogens is 1. The maximum absolute atomic E-state index is 13.0. The molecule has 1 amide bonds. The van der Waals surface area contributed by atoms with Crippen molar-refractivity contribution in [2.24, 2.45) is 0 Å². The molecule has 0 aliphatic carbocycles. The number of carbonyl (C=O) groups excluding carboxylic acids is 1. The Balaban J connectivity index is 2.15. The van der Waals surface area contributed by atoms with Gasteiger partial charge < -0.3 is 0 Å². The van der Waals surface area contributed by atoms with E-state index in [1.807, 2.05) is 45.0 Å². The molecule has 0 atom stereocenters. The highest BCUT2D eigenvalue weighted by atomic mass is 19.4. The lowest BCUT2D eigenvalue weighted by Crippen LogP contribution is -2.49. The zero-order valence-corrected chi connectivity index (χ0v) is 13.5. The zero-order valence-electron chi connectivity index (χ0n) is 13.5. The molecule has 0 fully saturated rings. The lowest BCUT2D eigenvalue weighted by molar-refractivity contribution is -0.138. The van der Waals surface area contributed by atoms with E-state index in [2.05, 4.69) is 15.8 Å². The summed E-state index contributed by atoms with van der Waals surface area (Å²) in [5.41, 5.74) is 4.87. The van der Waals surface area contributed by atoms with Crippen LogP contribution in [0.15, 0.2) is 42.7 Å². The Hall–Kier alpha value is -2.41. The lowest BCUT2D eigenvalue weighted by atomic mass is 9.94. The van der Waals surface area contributed by atoms with Crippen LogP contribution in [0.4, 0.5) is 13.2 Å². The van der Waals surface area contributed by atoms with Gasteiger partial charge in [0.15, 0.2) is 0 Å². The number of hydrogen-bond donors (Lipinski definition) is 2. The highest BCUT2D eigenvalue weighted by molar-refractivity contribution is 5.95. The minimum atomic E-state index is -4.62. The van der Waals surface area contributed by atoms with E-state index in [4.69, 9.17) is 0 Å². The molecule has 0 spiro atoms. The normalized spacial score (nSPS) is 12.1. The molecular formula is C17H18F3N3O. The third-order valence-corrected chi connectivity index (χ3v) is 3.63. The van der Waals surface area contributed by atoms with Gasteiger partial charge in [0, 0.05) is 12.4 Å². The highest BCUT2D eigenvalue weighted by Gasteiger charge is 2.35. The summed E-state index contributed by atoms with van der Waals surface area (Å²) in [7, 11) is 0. The Labute approximate surface area is 138 Å². The molecule has 4 nitrogen and oxygen atoms in total. The maximum Gasteiger partial charge on any atom is 0.417 e. The minimum absolute atomic E-state index is 0.530. The van der Waals surface area contributed by atoms with Gasteiger partial charge >= 0.3 is 6.18 Å². The summed E-state index contributed by atoms with van der Waals surface area (Å²) >= 11 is 0. The number of carbonyl (C=O) groups is 1. The van der Waals surface area contributed by atoms with Crippen molar-refractivity contribution in [3.05, 3.63) is 65.0 Å². The van der Waals surface area contributed by atoms with Crippen LogP contribution >= 0.6 is 0 Å². The number of aryl methyl sites for hydroxylation is 1. The number of nitrogens with zero attached hydrogens (tertiary/aromatic N) is 1.